The Morgan fingerprint density at radius 2 is 2.00 bits per heavy atom. The zero-order chi connectivity index (χ0) is 31.1. The number of allylic oxidation sites excluding steroid dienone is 1. The molecule has 4 unspecified atom stereocenters. The molecule has 0 radical (unpaired) electrons. The number of carbonyl (C=O) groups excluding carboxylic acids is 1. The Labute approximate surface area is 265 Å². The number of nitrogens with one attached hydrogen (secondary N) is 1. The first kappa shape index (κ1) is 33.5. The topological polar surface area (TPSA) is 78.9 Å². The Balaban J connectivity index is 1.71. The summed E-state index contributed by atoms with van der Waals surface area (Å²) in [6.45, 7) is 12.3. The first-order chi connectivity index (χ1) is 20.7. The highest BCUT2D eigenvalue weighted by Crippen LogP contribution is 2.50. The molecule has 0 aromatic heterocycles. The van der Waals surface area contributed by atoms with Gasteiger partial charge >= 0.3 is 0 Å². The van der Waals surface area contributed by atoms with E-state index in [4.69, 9.17) is 16.3 Å². The molecule has 1 amide bonds. The van der Waals surface area contributed by atoms with Crippen LogP contribution in [0.2, 0.25) is 5.02 Å². The molecule has 1 heterocycles. The van der Waals surface area contributed by atoms with Crippen LogP contribution in [-0.2, 0) is 17.4 Å². The van der Waals surface area contributed by atoms with Gasteiger partial charge in [-0.05, 0) is 99.2 Å². The van der Waals surface area contributed by atoms with Gasteiger partial charge in [0.05, 0.1) is 18.9 Å². The molecule has 0 spiro atoms. The van der Waals surface area contributed by atoms with Gasteiger partial charge in [0.15, 0.2) is 0 Å². The van der Waals surface area contributed by atoms with Gasteiger partial charge in [-0.25, -0.2) is 4.21 Å². The van der Waals surface area contributed by atoms with Crippen molar-refractivity contribution >= 4 is 34.2 Å². The van der Waals surface area contributed by atoms with Crippen molar-refractivity contribution < 1.29 is 18.8 Å². The number of hydrogen-bond donors (Lipinski definition) is 2. The molecule has 5 atom stereocenters. The number of aryl methyl sites for hydroxylation is 1. The quantitative estimate of drug-likeness (QED) is 0.225. The molecule has 8 heteroatoms. The monoisotopic (exact) mass is 628 g/mol. The van der Waals surface area contributed by atoms with E-state index in [2.05, 4.69) is 54.7 Å². The lowest BCUT2D eigenvalue weighted by Gasteiger charge is -2.50. The number of benzene rings is 2. The van der Waals surface area contributed by atoms with E-state index >= 15 is 0 Å². The predicted molar refractivity (Wildman–Crippen MR) is 179 cm³/mol. The second kappa shape index (κ2) is 15.1. The minimum atomic E-state index is -1.46. The maximum atomic E-state index is 13.1. The van der Waals surface area contributed by atoms with Crippen LogP contribution in [0, 0.1) is 17.3 Å². The second-order valence-corrected chi connectivity index (χ2v) is 14.6. The SMILES string of the molecule is CC/C=C/[C@](CC)(CO)C1CCC1CN1CC(c2ccc(Cl)cc2CCC)COc2ccc(C(=O)NS(=O)C(C)C)cc21. The van der Waals surface area contributed by atoms with Crippen molar-refractivity contribution in [3.8, 4) is 5.75 Å². The van der Waals surface area contributed by atoms with Crippen LogP contribution in [-0.4, -0.2) is 46.8 Å². The maximum Gasteiger partial charge on any atom is 0.263 e. The van der Waals surface area contributed by atoms with Crippen molar-refractivity contribution in [3.05, 3.63) is 70.3 Å². The van der Waals surface area contributed by atoms with Gasteiger partial charge in [-0.1, -0.05) is 57.0 Å². The van der Waals surface area contributed by atoms with Gasteiger partial charge in [-0.3, -0.25) is 9.52 Å². The van der Waals surface area contributed by atoms with E-state index in [1.54, 1.807) is 6.07 Å². The average molecular weight is 629 g/mol. The summed E-state index contributed by atoms with van der Waals surface area (Å²) in [5.41, 5.74) is 3.63. The molecule has 2 aromatic rings. The highest BCUT2D eigenvalue weighted by atomic mass is 35.5. The van der Waals surface area contributed by atoms with Crippen molar-refractivity contribution in [2.24, 2.45) is 17.3 Å². The van der Waals surface area contributed by atoms with E-state index in [0.717, 1.165) is 68.1 Å². The van der Waals surface area contributed by atoms with Gasteiger partial charge in [-0.2, -0.15) is 0 Å². The number of rotatable bonds is 13. The Bertz CT molecular complexity index is 1310. The standard InChI is InChI=1S/C35H49ClN2O4S/c1-6-9-17-35(8-3,23-39)31-15-11-27(31)20-38-21-28(30-14-13-29(36)18-25(30)10-7-2)22-42-33-16-12-26(19-32(33)38)34(40)37-43(41)24(4)5/h9,12-14,16-19,24,27-28,31,39H,6-8,10-11,15,20-23H2,1-5H3,(H,37,40)/b17-9+/t27?,28?,31?,35-,43?/m1/s1. The summed E-state index contributed by atoms with van der Waals surface area (Å²) in [7, 11) is -1.46. The van der Waals surface area contributed by atoms with Gasteiger partial charge in [0.2, 0.25) is 0 Å². The van der Waals surface area contributed by atoms with Crippen molar-refractivity contribution in [2.75, 3.05) is 31.2 Å². The van der Waals surface area contributed by atoms with Crippen LogP contribution in [0.4, 0.5) is 5.69 Å². The first-order valence-corrected chi connectivity index (χ1v) is 17.6. The first-order valence-electron chi connectivity index (χ1n) is 16.0. The summed E-state index contributed by atoms with van der Waals surface area (Å²) >= 11 is 6.42. The molecule has 2 aromatic carbocycles. The van der Waals surface area contributed by atoms with Crippen LogP contribution in [0.1, 0.15) is 94.1 Å². The fraction of sp³-hybridized carbons (Fsp3) is 0.571. The van der Waals surface area contributed by atoms with Crippen molar-refractivity contribution in [1.29, 1.82) is 0 Å². The van der Waals surface area contributed by atoms with Gasteiger partial charge < -0.3 is 14.7 Å². The van der Waals surface area contributed by atoms with Crippen molar-refractivity contribution in [1.82, 2.24) is 4.72 Å². The van der Waals surface area contributed by atoms with Gasteiger partial charge in [0.25, 0.3) is 5.91 Å². The number of halogens is 1. The Hall–Kier alpha value is -2.35. The molecule has 4 rings (SSSR count). The average Bonchev–Trinajstić information content (AvgIpc) is 3.16. The number of nitrogens with zero attached hydrogens (tertiary/aromatic N) is 1. The molecule has 2 aliphatic rings. The van der Waals surface area contributed by atoms with Crippen LogP contribution in [0.5, 0.6) is 5.75 Å². The van der Waals surface area contributed by atoms with E-state index in [1.165, 1.54) is 11.1 Å². The number of amides is 1. The van der Waals surface area contributed by atoms with Gasteiger partial charge in [-0.15, -0.1) is 0 Å². The van der Waals surface area contributed by atoms with E-state index in [-0.39, 0.29) is 29.1 Å². The summed E-state index contributed by atoms with van der Waals surface area (Å²) in [4.78, 5) is 15.5. The molecular weight excluding hydrogens is 580 g/mol. The third-order valence-corrected chi connectivity index (χ3v) is 10.9. The Kier molecular flexibility index (Phi) is 11.8. The minimum absolute atomic E-state index is 0.115. The number of aliphatic hydroxyl groups is 1. The Morgan fingerprint density at radius 3 is 2.63 bits per heavy atom. The largest absolute Gasteiger partial charge is 0.491 e. The molecule has 1 aliphatic carbocycles. The van der Waals surface area contributed by atoms with Crippen LogP contribution >= 0.6 is 11.6 Å². The normalized spacial score (nSPS) is 22.3. The smallest absolute Gasteiger partial charge is 0.263 e. The summed E-state index contributed by atoms with van der Waals surface area (Å²) < 4.78 is 21.5. The van der Waals surface area contributed by atoms with Crippen molar-refractivity contribution in [2.45, 2.75) is 84.3 Å². The molecule has 0 saturated heterocycles. The zero-order valence-electron chi connectivity index (χ0n) is 26.4. The van der Waals surface area contributed by atoms with E-state index < -0.39 is 11.0 Å². The molecule has 2 N–H and O–H groups in total. The van der Waals surface area contributed by atoms with Gasteiger partial charge in [0.1, 0.15) is 16.7 Å². The summed E-state index contributed by atoms with van der Waals surface area (Å²) in [5, 5.41) is 11.2. The summed E-state index contributed by atoms with van der Waals surface area (Å²) in [5.74, 6) is 1.29. The van der Waals surface area contributed by atoms with Crippen LogP contribution < -0.4 is 14.4 Å². The lowest BCUT2D eigenvalue weighted by atomic mass is 9.58. The highest BCUT2D eigenvalue weighted by Gasteiger charge is 2.45. The molecule has 236 valence electrons. The molecule has 1 aliphatic heterocycles. The molecular formula is C35H49ClN2O4S. The minimum Gasteiger partial charge on any atom is -0.491 e. The van der Waals surface area contributed by atoms with E-state index in [9.17, 15) is 14.1 Å². The van der Waals surface area contributed by atoms with Crippen LogP contribution in [0.15, 0.2) is 48.6 Å². The number of aliphatic hydroxyl groups excluding tert-OH is 1. The van der Waals surface area contributed by atoms with E-state index in [0.29, 0.717) is 24.0 Å². The second-order valence-electron chi connectivity index (χ2n) is 12.5. The maximum absolute atomic E-state index is 13.1. The summed E-state index contributed by atoms with van der Waals surface area (Å²) in [6.07, 6.45) is 10.5. The third kappa shape index (κ3) is 7.66. The fourth-order valence-electron chi connectivity index (χ4n) is 6.69. The number of ether oxygens (including phenoxy) is 1. The third-order valence-electron chi connectivity index (χ3n) is 9.38. The fourth-order valence-corrected chi connectivity index (χ4v) is 7.42. The lowest BCUT2D eigenvalue weighted by molar-refractivity contribution is 0.00825. The van der Waals surface area contributed by atoms with Crippen LogP contribution in [0.25, 0.3) is 0 Å². The molecule has 1 saturated carbocycles. The van der Waals surface area contributed by atoms with Gasteiger partial charge in [0, 0.05) is 40.3 Å². The predicted octanol–water partition coefficient (Wildman–Crippen LogP) is 7.46. The Morgan fingerprint density at radius 1 is 1.21 bits per heavy atom. The van der Waals surface area contributed by atoms with Crippen molar-refractivity contribution in [3.63, 3.8) is 0 Å². The van der Waals surface area contributed by atoms with E-state index in [1.807, 2.05) is 32.0 Å². The summed E-state index contributed by atoms with van der Waals surface area (Å²) in [6, 6.07) is 11.7. The van der Waals surface area contributed by atoms with Crippen LogP contribution in [0.3, 0.4) is 0 Å². The molecule has 6 nitrogen and oxygen atoms in total. The number of anilines is 1. The lowest BCUT2D eigenvalue weighted by Crippen LogP contribution is -2.48. The molecule has 43 heavy (non-hydrogen) atoms. The molecule has 1 fully saturated rings. The highest BCUT2D eigenvalue weighted by molar-refractivity contribution is 7.84. The molecule has 0 bridgehead atoms. The zero-order valence-corrected chi connectivity index (χ0v) is 28.0. The number of carbonyl (C=O) groups is 1. The number of fused-ring (bicyclic) bond motifs is 1. The number of hydrogen-bond acceptors (Lipinski definition) is 5.